The quantitative estimate of drug-likeness (QED) is 0.313. The highest BCUT2D eigenvalue weighted by Gasteiger charge is 2.69. The number of rotatable bonds is 8. The summed E-state index contributed by atoms with van der Waals surface area (Å²) in [6.45, 7) is 6.33. The van der Waals surface area contributed by atoms with Crippen molar-refractivity contribution in [2.75, 3.05) is 6.54 Å². The molecule has 1 aliphatic carbocycles. The van der Waals surface area contributed by atoms with E-state index in [9.17, 15) is 14.4 Å². The summed E-state index contributed by atoms with van der Waals surface area (Å²) in [6, 6.07) is 0. The highest BCUT2D eigenvalue weighted by Crippen LogP contribution is 2.60. The monoisotopic (exact) mass is 469 g/mol. The average molecular weight is 470 g/mol. The van der Waals surface area contributed by atoms with E-state index in [-0.39, 0.29) is 49.5 Å². The van der Waals surface area contributed by atoms with Crippen molar-refractivity contribution in [1.82, 2.24) is 5.32 Å². The first-order valence-corrected chi connectivity index (χ1v) is 12.0. The lowest BCUT2D eigenvalue weighted by Gasteiger charge is -2.59. The van der Waals surface area contributed by atoms with Crippen molar-refractivity contribution in [2.24, 2.45) is 23.7 Å². The molecule has 8 atom stereocenters. The van der Waals surface area contributed by atoms with Crippen molar-refractivity contribution in [3.63, 3.8) is 0 Å². The van der Waals surface area contributed by atoms with Gasteiger partial charge in [0.2, 0.25) is 18.0 Å². The van der Waals surface area contributed by atoms with Crippen molar-refractivity contribution >= 4 is 17.8 Å². The van der Waals surface area contributed by atoms with Crippen LogP contribution in [0.2, 0.25) is 0 Å². The van der Waals surface area contributed by atoms with Gasteiger partial charge >= 0.3 is 11.9 Å². The first-order valence-electron chi connectivity index (χ1n) is 12.0. The second-order valence-electron chi connectivity index (χ2n) is 10.1. The van der Waals surface area contributed by atoms with Crippen LogP contribution in [0, 0.1) is 23.7 Å². The SMILES string of the molecule is C[C@@H]1[C@H](OC(=O)CCC(=O)NCCCC(=O)O)O[C@H]2O[C@]3(C)CC[C@H]4[C@H](C)CC[C@H]1[C@]24OO3. The molecule has 10 heteroatoms. The third-order valence-corrected chi connectivity index (χ3v) is 7.79. The predicted octanol–water partition coefficient (Wildman–Crippen LogP) is 2.50. The van der Waals surface area contributed by atoms with E-state index < -0.39 is 35.9 Å². The molecular formula is C23H35NO9. The van der Waals surface area contributed by atoms with E-state index in [1.54, 1.807) is 0 Å². The van der Waals surface area contributed by atoms with E-state index in [4.69, 9.17) is 29.1 Å². The van der Waals surface area contributed by atoms with Crippen LogP contribution >= 0.6 is 0 Å². The van der Waals surface area contributed by atoms with E-state index in [0.717, 1.165) is 19.3 Å². The third-order valence-electron chi connectivity index (χ3n) is 7.79. The Morgan fingerprint density at radius 1 is 1.06 bits per heavy atom. The summed E-state index contributed by atoms with van der Waals surface area (Å²) in [5.74, 6) is -2.05. The molecule has 5 fully saturated rings. The molecule has 4 aliphatic heterocycles. The van der Waals surface area contributed by atoms with E-state index in [1.807, 2.05) is 13.8 Å². The Morgan fingerprint density at radius 2 is 1.85 bits per heavy atom. The fraction of sp³-hybridized carbons (Fsp3) is 0.870. The summed E-state index contributed by atoms with van der Waals surface area (Å²) in [5, 5.41) is 11.2. The molecule has 5 aliphatic rings. The maximum atomic E-state index is 12.5. The summed E-state index contributed by atoms with van der Waals surface area (Å²) in [4.78, 5) is 46.8. The number of hydrogen-bond donors (Lipinski definition) is 2. The van der Waals surface area contributed by atoms with E-state index >= 15 is 0 Å². The van der Waals surface area contributed by atoms with Crippen molar-refractivity contribution in [3.05, 3.63) is 0 Å². The number of amides is 1. The zero-order valence-corrected chi connectivity index (χ0v) is 19.5. The predicted molar refractivity (Wildman–Crippen MR) is 112 cm³/mol. The van der Waals surface area contributed by atoms with Crippen LogP contribution in [0.15, 0.2) is 0 Å². The topological polar surface area (TPSA) is 130 Å². The Kier molecular flexibility index (Phi) is 7.00. The molecule has 33 heavy (non-hydrogen) atoms. The van der Waals surface area contributed by atoms with Gasteiger partial charge in [-0.15, -0.1) is 0 Å². The molecule has 0 radical (unpaired) electrons. The van der Waals surface area contributed by atoms with Crippen LogP contribution in [-0.4, -0.2) is 53.5 Å². The molecule has 10 nitrogen and oxygen atoms in total. The Hall–Kier alpha value is -1.75. The van der Waals surface area contributed by atoms with Gasteiger partial charge in [0.15, 0.2) is 11.9 Å². The number of carboxylic acid groups (broad SMARTS) is 1. The van der Waals surface area contributed by atoms with Gasteiger partial charge in [-0.3, -0.25) is 14.4 Å². The molecule has 5 rings (SSSR count). The molecular weight excluding hydrogens is 434 g/mol. The molecule has 0 aromatic carbocycles. The van der Waals surface area contributed by atoms with Gasteiger partial charge in [-0.05, 0) is 44.4 Å². The molecule has 4 heterocycles. The first-order chi connectivity index (χ1) is 15.6. The number of carbonyl (C=O) groups excluding carboxylic acids is 2. The van der Waals surface area contributed by atoms with E-state index in [0.29, 0.717) is 18.8 Å². The van der Waals surface area contributed by atoms with Gasteiger partial charge < -0.3 is 24.6 Å². The van der Waals surface area contributed by atoms with Gasteiger partial charge in [-0.25, -0.2) is 9.78 Å². The molecule has 1 spiro atoms. The lowest BCUT2D eigenvalue weighted by atomic mass is 9.58. The minimum Gasteiger partial charge on any atom is -0.481 e. The highest BCUT2D eigenvalue weighted by atomic mass is 17.3. The Morgan fingerprint density at radius 3 is 2.61 bits per heavy atom. The van der Waals surface area contributed by atoms with Gasteiger partial charge in [0.25, 0.3) is 0 Å². The maximum Gasteiger partial charge on any atom is 0.308 e. The number of aliphatic carboxylic acids is 1. The summed E-state index contributed by atoms with van der Waals surface area (Å²) < 4.78 is 18.1. The van der Waals surface area contributed by atoms with Gasteiger partial charge in [0.1, 0.15) is 0 Å². The van der Waals surface area contributed by atoms with E-state index in [2.05, 4.69) is 12.2 Å². The molecule has 2 bridgehead atoms. The number of hydrogen-bond acceptors (Lipinski definition) is 8. The summed E-state index contributed by atoms with van der Waals surface area (Å²) in [6.07, 6.45) is 2.30. The molecule has 4 saturated heterocycles. The molecule has 0 unspecified atom stereocenters. The zero-order chi connectivity index (χ0) is 23.8. The van der Waals surface area contributed by atoms with Crippen molar-refractivity contribution in [3.8, 4) is 0 Å². The number of ether oxygens (including phenoxy) is 3. The molecule has 1 amide bonds. The number of carboxylic acids is 1. The van der Waals surface area contributed by atoms with Crippen LogP contribution in [-0.2, 0) is 38.4 Å². The minimum absolute atomic E-state index is 0.0153. The largest absolute Gasteiger partial charge is 0.481 e. The standard InChI is InChI=1S/C23H35NO9/c1-13-6-7-16-14(2)20(29-19(28)9-8-17(25)24-12-4-5-18(26)27)30-21-23(16)15(13)10-11-22(3,31-21)32-33-23/h13-16,20-21H,4-12H2,1-3H3,(H,24,25)(H,26,27)/t13-,14+,15+,16-,20-,21+,22+,23+/m1/s1. The fourth-order valence-corrected chi connectivity index (χ4v) is 5.97. The van der Waals surface area contributed by atoms with Crippen LogP contribution in [0.1, 0.15) is 72.1 Å². The van der Waals surface area contributed by atoms with Crippen LogP contribution in [0.25, 0.3) is 0 Å². The number of esters is 1. The molecule has 0 aromatic rings. The van der Waals surface area contributed by atoms with Crippen molar-refractivity contribution in [2.45, 2.75) is 96.1 Å². The second kappa shape index (κ2) is 9.48. The third kappa shape index (κ3) is 4.76. The Balaban J connectivity index is 1.35. The smallest absolute Gasteiger partial charge is 0.308 e. The normalized spacial score (nSPS) is 41.5. The molecule has 1 saturated carbocycles. The lowest BCUT2D eigenvalue weighted by molar-refractivity contribution is -0.576. The maximum absolute atomic E-state index is 12.5. The fourth-order valence-electron chi connectivity index (χ4n) is 5.97. The van der Waals surface area contributed by atoms with Crippen LogP contribution in [0.3, 0.4) is 0 Å². The summed E-state index contributed by atoms with van der Waals surface area (Å²) >= 11 is 0. The van der Waals surface area contributed by atoms with Gasteiger partial charge in [0, 0.05) is 37.6 Å². The van der Waals surface area contributed by atoms with Crippen LogP contribution in [0.5, 0.6) is 0 Å². The Labute approximate surface area is 193 Å². The zero-order valence-electron chi connectivity index (χ0n) is 19.5. The number of nitrogens with one attached hydrogen (secondary N) is 1. The molecule has 2 N–H and O–H groups in total. The molecule has 186 valence electrons. The first kappa shape index (κ1) is 24.4. The average Bonchev–Trinajstić information content (AvgIpc) is 2.99. The minimum atomic E-state index is -0.910. The van der Waals surface area contributed by atoms with Crippen LogP contribution in [0.4, 0.5) is 0 Å². The summed E-state index contributed by atoms with van der Waals surface area (Å²) in [7, 11) is 0. The summed E-state index contributed by atoms with van der Waals surface area (Å²) in [5.41, 5.74) is -0.716. The Bertz CT molecular complexity index is 775. The van der Waals surface area contributed by atoms with E-state index in [1.165, 1.54) is 0 Å². The lowest BCUT2D eigenvalue weighted by Crippen LogP contribution is -2.70. The van der Waals surface area contributed by atoms with Gasteiger partial charge in [0.05, 0.1) is 6.42 Å². The second-order valence-corrected chi connectivity index (χ2v) is 10.1. The van der Waals surface area contributed by atoms with Gasteiger partial charge in [-0.1, -0.05) is 13.8 Å². The number of carbonyl (C=O) groups is 3. The number of fused-ring (bicyclic) bond motifs is 2. The van der Waals surface area contributed by atoms with Gasteiger partial charge in [-0.2, -0.15) is 0 Å². The van der Waals surface area contributed by atoms with Crippen LogP contribution < -0.4 is 5.32 Å². The highest BCUT2D eigenvalue weighted by molar-refractivity contribution is 5.81. The van der Waals surface area contributed by atoms with Crippen molar-refractivity contribution in [1.29, 1.82) is 0 Å². The van der Waals surface area contributed by atoms with Crippen molar-refractivity contribution < 1.29 is 43.5 Å². The molecule has 0 aromatic heterocycles.